The Morgan fingerprint density at radius 2 is 1.44 bits per heavy atom. The van der Waals surface area contributed by atoms with Crippen molar-refractivity contribution < 1.29 is 23.8 Å². The first kappa shape index (κ1) is 45.5. The van der Waals surface area contributed by atoms with Gasteiger partial charge in [0.15, 0.2) is 0 Å². The van der Waals surface area contributed by atoms with Crippen LogP contribution in [-0.4, -0.2) is 81.1 Å². The average Bonchev–Trinajstić information content (AvgIpc) is 4.05. The predicted molar refractivity (Wildman–Crippen MR) is 244 cm³/mol. The number of carbonyl (C=O) groups excluding carboxylic acids is 1. The molecule has 8 rings (SSSR count). The zero-order valence-corrected chi connectivity index (χ0v) is 37.9. The lowest BCUT2D eigenvalue weighted by atomic mass is 10.1. The number of aromatic nitrogens is 4. The van der Waals surface area contributed by atoms with Crippen LogP contribution >= 0.6 is 69.6 Å². The molecule has 18 heteroatoms. The molecule has 2 aliphatic rings. The molecule has 0 radical (unpaired) electrons. The van der Waals surface area contributed by atoms with Crippen molar-refractivity contribution in [2.24, 2.45) is 5.16 Å². The largest absolute Gasteiger partial charge is 0.491 e. The summed E-state index contributed by atoms with van der Waals surface area (Å²) in [4.78, 5) is 29.4. The number of benzene rings is 4. The van der Waals surface area contributed by atoms with E-state index < -0.39 is 5.79 Å². The van der Waals surface area contributed by atoms with Crippen LogP contribution in [0, 0.1) is 0 Å². The van der Waals surface area contributed by atoms with Crippen molar-refractivity contribution in [3.8, 4) is 5.75 Å². The number of amides is 1. The number of carbonyl (C=O) groups is 1. The molecule has 324 valence electrons. The summed E-state index contributed by atoms with van der Waals surface area (Å²) in [7, 11) is 0. The number of imidazole rings is 2. The molecule has 2 saturated heterocycles. The topological polar surface area (TPSA) is 108 Å². The maximum absolute atomic E-state index is 11.6. The van der Waals surface area contributed by atoms with E-state index in [2.05, 4.69) is 20.0 Å². The zero-order chi connectivity index (χ0) is 43.6. The molecular weight excluding hydrogens is 919 g/mol. The summed E-state index contributed by atoms with van der Waals surface area (Å²) < 4.78 is 22.5. The molecule has 2 atom stereocenters. The van der Waals surface area contributed by atoms with Crippen molar-refractivity contribution in [2.45, 2.75) is 38.5 Å². The third-order valence-electron chi connectivity index (χ3n) is 10.1. The molecule has 62 heavy (non-hydrogen) atoms. The molecule has 1 amide bonds. The Morgan fingerprint density at radius 3 is 2.06 bits per heavy atom. The van der Waals surface area contributed by atoms with Crippen LogP contribution in [-0.2, 0) is 44.6 Å². The van der Waals surface area contributed by atoms with E-state index >= 15 is 0 Å². The van der Waals surface area contributed by atoms with E-state index in [-0.39, 0.29) is 18.6 Å². The number of ether oxygens (including phenoxy) is 3. The molecule has 2 aliphatic heterocycles. The lowest BCUT2D eigenvalue weighted by molar-refractivity contribution is -0.189. The Labute approximate surface area is 389 Å². The van der Waals surface area contributed by atoms with Gasteiger partial charge in [-0.05, 0) is 66.7 Å². The molecular formula is C44H41Cl6N7O5. The minimum Gasteiger partial charge on any atom is -0.491 e. The Bertz CT molecular complexity index is 2450. The van der Waals surface area contributed by atoms with Crippen molar-refractivity contribution in [1.29, 1.82) is 0 Å². The molecule has 4 heterocycles. The summed E-state index contributed by atoms with van der Waals surface area (Å²) in [6, 6.07) is 23.7. The minimum absolute atomic E-state index is 0.129. The summed E-state index contributed by atoms with van der Waals surface area (Å²) in [6.07, 6.45) is 10.2. The maximum Gasteiger partial charge on any atom is 0.219 e. The van der Waals surface area contributed by atoms with Gasteiger partial charge in [-0.3, -0.25) is 4.79 Å². The van der Waals surface area contributed by atoms with Crippen LogP contribution in [0.4, 0.5) is 5.69 Å². The monoisotopic (exact) mass is 957 g/mol. The highest BCUT2D eigenvalue weighted by Crippen LogP contribution is 2.41. The molecule has 6 aromatic rings. The fraction of sp³-hybridized carbons (Fsp3) is 0.273. The normalized spacial score (nSPS) is 17.7. The molecule has 2 fully saturated rings. The fourth-order valence-electron chi connectivity index (χ4n) is 6.86. The number of halogens is 6. The maximum atomic E-state index is 11.6. The lowest BCUT2D eigenvalue weighted by Gasteiger charge is -2.35. The highest BCUT2D eigenvalue weighted by atomic mass is 35.5. The summed E-state index contributed by atoms with van der Waals surface area (Å²) in [5.41, 5.74) is 3.97. The smallest absolute Gasteiger partial charge is 0.219 e. The van der Waals surface area contributed by atoms with Crippen LogP contribution < -0.4 is 9.64 Å². The number of hydrogen-bond donors (Lipinski definition) is 0. The third kappa shape index (κ3) is 11.9. The summed E-state index contributed by atoms with van der Waals surface area (Å²) in [6.45, 7) is 6.45. The van der Waals surface area contributed by atoms with Gasteiger partial charge in [0.1, 0.15) is 30.8 Å². The number of hydrogen-bond acceptors (Lipinski definition) is 9. The summed E-state index contributed by atoms with van der Waals surface area (Å²) >= 11 is 37.0. The van der Waals surface area contributed by atoms with Gasteiger partial charge in [-0.15, -0.1) is 0 Å². The molecule has 0 bridgehead atoms. The van der Waals surface area contributed by atoms with Gasteiger partial charge in [0.05, 0.1) is 42.4 Å². The van der Waals surface area contributed by atoms with Crippen LogP contribution in [0.3, 0.4) is 0 Å². The van der Waals surface area contributed by atoms with Crippen LogP contribution in [0.15, 0.2) is 121 Å². The third-order valence-corrected chi connectivity index (χ3v) is 11.7. The molecule has 2 aromatic heterocycles. The SMILES string of the molecule is CC(=O)N1CCN(c2ccc(OCC3COC(Cn4ccnc4)(c4ccc(Cl)cc4Cl)O3)cc2)CC1.Clc1ccc(CO/N=C(/Cn2ccnc2)c2ccc(Cl)cc2Cl)c(Cl)c1. The molecule has 0 aliphatic carbocycles. The van der Waals surface area contributed by atoms with E-state index in [0.717, 1.165) is 48.7 Å². The van der Waals surface area contributed by atoms with Gasteiger partial charge in [0.25, 0.3) is 0 Å². The highest BCUT2D eigenvalue weighted by molar-refractivity contribution is 6.37. The van der Waals surface area contributed by atoms with Crippen molar-refractivity contribution in [3.05, 3.63) is 163 Å². The van der Waals surface area contributed by atoms with Gasteiger partial charge >= 0.3 is 0 Å². The Hall–Kier alpha value is -4.50. The van der Waals surface area contributed by atoms with E-state index in [1.807, 2.05) is 56.8 Å². The molecule has 0 spiro atoms. The first-order valence-corrected chi connectivity index (χ1v) is 21.7. The van der Waals surface area contributed by atoms with Crippen molar-refractivity contribution in [3.63, 3.8) is 0 Å². The van der Waals surface area contributed by atoms with Crippen molar-refractivity contribution in [2.75, 3.05) is 44.3 Å². The molecule has 0 N–H and O–H groups in total. The Kier molecular flexibility index (Phi) is 15.6. The Balaban J connectivity index is 0.000000197. The van der Waals surface area contributed by atoms with Gasteiger partial charge in [0, 0.05) is 100 Å². The summed E-state index contributed by atoms with van der Waals surface area (Å²) in [5, 5.41) is 7.42. The average molecular weight is 961 g/mol. The Morgan fingerprint density at radius 1 is 0.790 bits per heavy atom. The minimum atomic E-state index is -1.08. The number of nitrogens with zero attached hydrogens (tertiary/aromatic N) is 7. The van der Waals surface area contributed by atoms with Crippen molar-refractivity contribution >= 4 is 86.9 Å². The van der Waals surface area contributed by atoms with Crippen molar-refractivity contribution in [1.82, 2.24) is 24.0 Å². The quantitative estimate of drug-likeness (QED) is 0.0832. The van der Waals surface area contributed by atoms with Crippen LogP contribution in [0.2, 0.25) is 30.1 Å². The van der Waals surface area contributed by atoms with Crippen LogP contribution in [0.1, 0.15) is 23.6 Å². The number of rotatable bonds is 13. The van der Waals surface area contributed by atoms with E-state index in [1.54, 1.807) is 80.5 Å². The molecule has 12 nitrogen and oxygen atoms in total. The van der Waals surface area contributed by atoms with Gasteiger partial charge in [-0.2, -0.15) is 0 Å². The second-order valence-corrected chi connectivity index (χ2v) is 16.9. The standard InChI is InChI=1S/C26H28Cl2N4O4.C18H13Cl4N3O/c1-19(33)31-10-12-32(13-11-31)21-3-5-22(6-4-21)34-15-23-16-35-26(36-23,17-30-9-8-29-18-30)24-7-2-20(27)14-25(24)28;19-13-2-1-12(16(21)7-13)10-26-24-18(9-25-6-5-23-11-25)15-4-3-14(20)8-17(15)22/h2-9,14,18,23H,10-13,15-17H2,1H3;1-8,11H,9-10H2/b;24-18-. The second kappa shape index (κ2) is 21.2. The zero-order valence-electron chi connectivity index (χ0n) is 33.4. The first-order valence-electron chi connectivity index (χ1n) is 19.4. The second-order valence-electron chi connectivity index (χ2n) is 14.4. The van der Waals surface area contributed by atoms with Gasteiger partial charge in [0.2, 0.25) is 11.7 Å². The van der Waals surface area contributed by atoms with Crippen LogP contribution in [0.25, 0.3) is 0 Å². The van der Waals surface area contributed by atoms with Gasteiger partial charge in [-0.25, -0.2) is 9.97 Å². The number of anilines is 1. The van der Waals surface area contributed by atoms with E-state index in [0.29, 0.717) is 67.7 Å². The van der Waals surface area contributed by atoms with E-state index in [1.165, 1.54) is 0 Å². The predicted octanol–water partition coefficient (Wildman–Crippen LogP) is 10.3. The van der Waals surface area contributed by atoms with Gasteiger partial charge in [-0.1, -0.05) is 86.9 Å². The molecule has 2 unspecified atom stereocenters. The van der Waals surface area contributed by atoms with Crippen LogP contribution in [0.5, 0.6) is 5.75 Å². The number of oxime groups is 1. The molecule has 4 aromatic carbocycles. The molecule has 0 saturated carbocycles. The number of piperazine rings is 1. The van der Waals surface area contributed by atoms with E-state index in [9.17, 15) is 4.79 Å². The lowest BCUT2D eigenvalue weighted by Crippen LogP contribution is -2.48. The van der Waals surface area contributed by atoms with E-state index in [4.69, 9.17) is 88.7 Å². The first-order chi connectivity index (χ1) is 29.9. The summed E-state index contributed by atoms with van der Waals surface area (Å²) in [5.74, 6) is -0.201. The fourth-order valence-corrected chi connectivity index (χ4v) is 8.39. The van der Waals surface area contributed by atoms with Gasteiger partial charge < -0.3 is 38.0 Å². The highest BCUT2D eigenvalue weighted by Gasteiger charge is 2.45.